The van der Waals surface area contributed by atoms with E-state index < -0.39 is 10.0 Å². The van der Waals surface area contributed by atoms with Gasteiger partial charge in [0.05, 0.1) is 0 Å². The van der Waals surface area contributed by atoms with Crippen LogP contribution in [0.4, 0.5) is 0 Å². The highest BCUT2D eigenvalue weighted by atomic mass is 79.9. The number of halogens is 1. The molecule has 0 bridgehead atoms. The van der Waals surface area contributed by atoms with Gasteiger partial charge in [0.25, 0.3) is 10.0 Å². The molecule has 102 valence electrons. The third kappa shape index (κ3) is 3.25. The topological polar surface area (TPSA) is 76.9 Å². The molecule has 1 aromatic heterocycles. The molecule has 1 aliphatic rings. The zero-order valence-electron chi connectivity index (χ0n) is 9.97. The van der Waals surface area contributed by atoms with Gasteiger partial charge in [-0.1, -0.05) is 5.21 Å². The number of hydrogen-bond acceptors (Lipinski definition) is 5. The Balaban J connectivity index is 2.03. The number of hydrogen-bond donors (Lipinski definition) is 1. The van der Waals surface area contributed by atoms with Gasteiger partial charge in [0.1, 0.15) is 0 Å². The summed E-state index contributed by atoms with van der Waals surface area (Å²) in [6.45, 7) is 0.487. The number of thioether (sulfide) groups is 1. The average Bonchev–Trinajstić information content (AvgIpc) is 2.69. The van der Waals surface area contributed by atoms with Crippen LogP contribution in [0.3, 0.4) is 0 Å². The summed E-state index contributed by atoms with van der Waals surface area (Å²) in [6.07, 6.45) is 2.13. The maximum atomic E-state index is 12.1. The lowest BCUT2D eigenvalue weighted by Crippen LogP contribution is -2.32. The van der Waals surface area contributed by atoms with E-state index >= 15 is 0 Å². The molecule has 0 radical (unpaired) electrons. The van der Waals surface area contributed by atoms with Crippen molar-refractivity contribution >= 4 is 37.7 Å². The molecule has 0 aromatic carbocycles. The molecule has 9 heteroatoms. The van der Waals surface area contributed by atoms with E-state index in [4.69, 9.17) is 0 Å². The van der Waals surface area contributed by atoms with E-state index in [9.17, 15) is 8.42 Å². The summed E-state index contributed by atoms with van der Waals surface area (Å²) in [5, 5.41) is 7.44. The minimum atomic E-state index is -3.54. The Kier molecular flexibility index (Phi) is 4.68. The van der Waals surface area contributed by atoms with Crippen molar-refractivity contribution in [1.82, 2.24) is 19.7 Å². The van der Waals surface area contributed by atoms with Crippen molar-refractivity contribution in [2.75, 3.05) is 18.1 Å². The van der Waals surface area contributed by atoms with Gasteiger partial charge in [-0.2, -0.15) is 11.8 Å². The van der Waals surface area contributed by atoms with Crippen LogP contribution in [0.2, 0.25) is 0 Å². The van der Waals surface area contributed by atoms with Gasteiger partial charge in [-0.3, -0.25) is 0 Å². The number of nitrogens with zero attached hydrogens (tertiary/aromatic N) is 3. The molecular weight excluding hydrogens is 340 g/mol. The Hall–Kier alpha value is -0.120. The maximum Gasteiger partial charge on any atom is 0.260 e. The summed E-state index contributed by atoms with van der Waals surface area (Å²) in [4.78, 5) is 0. The van der Waals surface area contributed by atoms with Crippen molar-refractivity contribution in [2.45, 2.75) is 17.9 Å². The van der Waals surface area contributed by atoms with Gasteiger partial charge in [0.2, 0.25) is 5.03 Å². The molecule has 0 unspecified atom stereocenters. The van der Waals surface area contributed by atoms with Gasteiger partial charge in [-0.05, 0) is 46.2 Å². The first kappa shape index (κ1) is 14.3. The second-order valence-corrected chi connectivity index (χ2v) is 7.87. The molecule has 1 aliphatic heterocycles. The summed E-state index contributed by atoms with van der Waals surface area (Å²) in [5.74, 6) is 2.66. The lowest BCUT2D eigenvalue weighted by Gasteiger charge is -2.21. The van der Waals surface area contributed by atoms with Crippen molar-refractivity contribution < 1.29 is 8.42 Å². The van der Waals surface area contributed by atoms with Crippen LogP contribution in [0.25, 0.3) is 0 Å². The average molecular weight is 355 g/mol. The quantitative estimate of drug-likeness (QED) is 0.872. The van der Waals surface area contributed by atoms with E-state index in [1.165, 1.54) is 4.68 Å². The molecule has 0 spiro atoms. The lowest BCUT2D eigenvalue weighted by molar-refractivity contribution is 0.474. The molecule has 2 heterocycles. The lowest BCUT2D eigenvalue weighted by atomic mass is 10.0. The van der Waals surface area contributed by atoms with Crippen molar-refractivity contribution in [3.63, 3.8) is 0 Å². The predicted octanol–water partition coefficient (Wildman–Crippen LogP) is 0.999. The Morgan fingerprint density at radius 3 is 2.72 bits per heavy atom. The molecule has 0 amide bonds. The number of aromatic nitrogens is 3. The largest absolute Gasteiger partial charge is 0.260 e. The SMILES string of the molecule is Cn1nnc(Br)c1S(=O)(=O)NCC1CCSCC1. The Morgan fingerprint density at radius 2 is 2.17 bits per heavy atom. The van der Waals surface area contributed by atoms with Crippen LogP contribution in [-0.4, -0.2) is 41.5 Å². The van der Waals surface area contributed by atoms with Crippen molar-refractivity contribution in [3.05, 3.63) is 4.60 Å². The molecule has 6 nitrogen and oxygen atoms in total. The number of sulfonamides is 1. The van der Waals surface area contributed by atoms with Crippen LogP contribution >= 0.6 is 27.7 Å². The fourth-order valence-corrected chi connectivity index (χ4v) is 5.26. The Labute approximate surface area is 119 Å². The van der Waals surface area contributed by atoms with Crippen LogP contribution in [0.15, 0.2) is 9.63 Å². The fourth-order valence-electron chi connectivity index (χ4n) is 1.85. The Morgan fingerprint density at radius 1 is 1.50 bits per heavy atom. The van der Waals surface area contributed by atoms with Gasteiger partial charge in [0.15, 0.2) is 4.60 Å². The minimum Gasteiger partial charge on any atom is -0.235 e. The van der Waals surface area contributed by atoms with Crippen molar-refractivity contribution in [1.29, 1.82) is 0 Å². The van der Waals surface area contributed by atoms with Gasteiger partial charge >= 0.3 is 0 Å². The zero-order valence-corrected chi connectivity index (χ0v) is 13.2. The second-order valence-electron chi connectivity index (χ2n) is 4.22. The third-order valence-electron chi connectivity index (χ3n) is 2.89. The molecule has 1 N–H and O–H groups in total. The summed E-state index contributed by atoms with van der Waals surface area (Å²) in [6, 6.07) is 0. The molecule has 2 rings (SSSR count). The molecular formula is C9H15BrN4O2S2. The third-order valence-corrected chi connectivity index (χ3v) is 6.25. The van der Waals surface area contributed by atoms with Crippen LogP contribution in [-0.2, 0) is 17.1 Å². The second kappa shape index (κ2) is 5.89. The van der Waals surface area contributed by atoms with Crippen molar-refractivity contribution in [3.8, 4) is 0 Å². The first-order chi connectivity index (χ1) is 8.50. The summed E-state index contributed by atoms with van der Waals surface area (Å²) in [7, 11) is -1.98. The standard InChI is InChI=1S/C9H15BrN4O2S2/c1-14-9(8(10)12-13-14)18(15,16)11-6-7-2-4-17-5-3-7/h7,11H,2-6H2,1H3. The summed E-state index contributed by atoms with van der Waals surface area (Å²) in [5.41, 5.74) is 0. The Bertz CT molecular complexity index is 491. The summed E-state index contributed by atoms with van der Waals surface area (Å²) < 4.78 is 28.4. The number of nitrogens with one attached hydrogen (secondary N) is 1. The molecule has 1 aromatic rings. The monoisotopic (exact) mass is 354 g/mol. The van der Waals surface area contributed by atoms with E-state index in [-0.39, 0.29) is 9.63 Å². The fraction of sp³-hybridized carbons (Fsp3) is 0.778. The number of aryl methyl sites for hydroxylation is 1. The van der Waals surface area contributed by atoms with Gasteiger partial charge in [0, 0.05) is 13.6 Å². The number of rotatable bonds is 4. The molecule has 0 saturated carbocycles. The smallest absolute Gasteiger partial charge is 0.235 e. The molecule has 18 heavy (non-hydrogen) atoms. The highest BCUT2D eigenvalue weighted by Gasteiger charge is 2.25. The van der Waals surface area contributed by atoms with Gasteiger partial charge in [-0.25, -0.2) is 17.8 Å². The highest BCUT2D eigenvalue weighted by Crippen LogP contribution is 2.23. The van der Waals surface area contributed by atoms with E-state index in [0.717, 1.165) is 24.3 Å². The van der Waals surface area contributed by atoms with E-state index in [1.54, 1.807) is 7.05 Å². The first-order valence-electron chi connectivity index (χ1n) is 5.63. The first-order valence-corrected chi connectivity index (χ1v) is 9.06. The highest BCUT2D eigenvalue weighted by molar-refractivity contribution is 9.10. The van der Waals surface area contributed by atoms with Crippen molar-refractivity contribution in [2.24, 2.45) is 13.0 Å². The molecule has 0 atom stereocenters. The molecule has 0 aliphatic carbocycles. The predicted molar refractivity (Wildman–Crippen MR) is 73.9 cm³/mol. The molecule has 1 fully saturated rings. The van der Waals surface area contributed by atoms with Gasteiger partial charge < -0.3 is 0 Å². The van der Waals surface area contributed by atoms with Crippen LogP contribution in [0.5, 0.6) is 0 Å². The van der Waals surface area contributed by atoms with Crippen LogP contribution < -0.4 is 4.72 Å². The zero-order chi connectivity index (χ0) is 13.2. The van der Waals surface area contributed by atoms with E-state index in [1.807, 2.05) is 11.8 Å². The maximum absolute atomic E-state index is 12.1. The van der Waals surface area contributed by atoms with Gasteiger partial charge in [-0.15, -0.1) is 5.10 Å². The van der Waals surface area contributed by atoms with E-state index in [2.05, 4.69) is 31.0 Å². The molecule has 1 saturated heterocycles. The van der Waals surface area contributed by atoms with Crippen LogP contribution in [0.1, 0.15) is 12.8 Å². The normalized spacial score (nSPS) is 18.1. The summed E-state index contributed by atoms with van der Waals surface area (Å²) >= 11 is 5.03. The van der Waals surface area contributed by atoms with Crippen LogP contribution in [0, 0.1) is 5.92 Å². The minimum absolute atomic E-state index is 0.0766. The van der Waals surface area contributed by atoms with E-state index in [0.29, 0.717) is 12.5 Å².